The molecule has 1 aliphatic heterocycles. The van der Waals surface area contributed by atoms with Gasteiger partial charge in [-0.05, 0) is 47.0 Å². The van der Waals surface area contributed by atoms with Gasteiger partial charge in [-0.25, -0.2) is 4.79 Å². The van der Waals surface area contributed by atoms with Crippen LogP contribution in [0.1, 0.15) is 25.7 Å². The highest BCUT2D eigenvalue weighted by molar-refractivity contribution is 9.10. The molecule has 1 saturated heterocycles. The number of likely N-dealkylation sites (tertiary alicyclic amines) is 1. The Balaban J connectivity index is 2.03. The van der Waals surface area contributed by atoms with Gasteiger partial charge < -0.3 is 10.2 Å². The van der Waals surface area contributed by atoms with E-state index < -0.39 is 0 Å². The maximum Gasteiger partial charge on any atom is 0.321 e. The lowest BCUT2D eigenvalue weighted by atomic mass is 10.2. The highest BCUT2D eigenvalue weighted by Crippen LogP contribution is 2.26. The predicted octanol–water partition coefficient (Wildman–Crippen LogP) is 4.51. The summed E-state index contributed by atoms with van der Waals surface area (Å²) in [6.45, 7) is 1.67. The van der Waals surface area contributed by atoms with Crippen molar-refractivity contribution in [2.24, 2.45) is 0 Å². The molecule has 0 aromatic heterocycles. The average Bonchev–Trinajstić information content (AvgIpc) is 2.62. The molecule has 3 nitrogen and oxygen atoms in total. The van der Waals surface area contributed by atoms with Gasteiger partial charge in [-0.3, -0.25) is 0 Å². The molecule has 1 aromatic carbocycles. The lowest BCUT2D eigenvalue weighted by molar-refractivity contribution is 0.214. The normalized spacial score (nSPS) is 16.2. The first kappa shape index (κ1) is 13.7. The number of nitrogens with one attached hydrogen (secondary N) is 1. The van der Waals surface area contributed by atoms with Crippen LogP contribution in [0, 0.1) is 0 Å². The summed E-state index contributed by atoms with van der Waals surface area (Å²) in [7, 11) is 0. The summed E-state index contributed by atoms with van der Waals surface area (Å²) in [5, 5.41) is 3.52. The van der Waals surface area contributed by atoms with E-state index in [1.54, 1.807) is 12.1 Å². The number of hydrogen-bond donors (Lipinski definition) is 1. The molecule has 0 atom stereocenters. The molecule has 1 aliphatic rings. The lowest BCUT2D eigenvalue weighted by Gasteiger charge is -2.21. The molecule has 2 amide bonds. The molecule has 0 saturated carbocycles. The quantitative estimate of drug-likeness (QED) is 0.806. The molecule has 2 rings (SSSR count). The average molecular weight is 332 g/mol. The minimum atomic E-state index is -0.0418. The molecule has 0 aliphatic carbocycles. The molecule has 1 fully saturated rings. The zero-order valence-corrected chi connectivity index (χ0v) is 12.4. The number of rotatable bonds is 1. The van der Waals surface area contributed by atoms with E-state index in [4.69, 9.17) is 11.6 Å². The number of halogens is 2. The van der Waals surface area contributed by atoms with Gasteiger partial charge in [0, 0.05) is 22.6 Å². The van der Waals surface area contributed by atoms with Gasteiger partial charge in [0.1, 0.15) is 0 Å². The first-order chi connectivity index (χ1) is 8.66. The third kappa shape index (κ3) is 3.62. The SMILES string of the molecule is O=C(Nc1cc(Cl)ccc1Br)N1CCCCCC1. The van der Waals surface area contributed by atoms with Gasteiger partial charge in [0.25, 0.3) is 0 Å². The Hall–Kier alpha value is -0.740. The topological polar surface area (TPSA) is 32.3 Å². The second-order valence-electron chi connectivity index (χ2n) is 4.46. The van der Waals surface area contributed by atoms with E-state index in [1.807, 2.05) is 11.0 Å². The van der Waals surface area contributed by atoms with Crippen molar-refractivity contribution in [2.45, 2.75) is 25.7 Å². The lowest BCUT2D eigenvalue weighted by Crippen LogP contribution is -2.35. The largest absolute Gasteiger partial charge is 0.325 e. The number of hydrogen-bond acceptors (Lipinski definition) is 1. The summed E-state index contributed by atoms with van der Waals surface area (Å²) in [6.07, 6.45) is 4.60. The van der Waals surface area contributed by atoms with E-state index in [9.17, 15) is 4.79 Å². The van der Waals surface area contributed by atoms with Crippen molar-refractivity contribution in [2.75, 3.05) is 18.4 Å². The molecular formula is C13H16BrClN2O. The van der Waals surface area contributed by atoms with Crippen LogP contribution in [0.2, 0.25) is 5.02 Å². The van der Waals surface area contributed by atoms with E-state index in [2.05, 4.69) is 21.2 Å². The molecule has 0 radical (unpaired) electrons. The van der Waals surface area contributed by atoms with E-state index in [-0.39, 0.29) is 6.03 Å². The summed E-state index contributed by atoms with van der Waals surface area (Å²) in [5.41, 5.74) is 0.719. The highest BCUT2D eigenvalue weighted by Gasteiger charge is 2.16. The summed E-state index contributed by atoms with van der Waals surface area (Å²) >= 11 is 9.33. The number of amides is 2. The fourth-order valence-corrected chi connectivity index (χ4v) is 2.58. The van der Waals surface area contributed by atoms with E-state index >= 15 is 0 Å². The van der Waals surface area contributed by atoms with Crippen LogP contribution in [0.25, 0.3) is 0 Å². The predicted molar refractivity (Wildman–Crippen MR) is 78.2 cm³/mol. The van der Waals surface area contributed by atoms with Crippen LogP contribution in [0.5, 0.6) is 0 Å². The van der Waals surface area contributed by atoms with Crippen molar-refractivity contribution >= 4 is 39.2 Å². The van der Waals surface area contributed by atoms with Crippen LogP contribution in [0.4, 0.5) is 10.5 Å². The molecular weight excluding hydrogens is 316 g/mol. The molecule has 18 heavy (non-hydrogen) atoms. The third-order valence-corrected chi connectivity index (χ3v) is 3.99. The number of urea groups is 1. The summed E-state index contributed by atoms with van der Waals surface area (Å²) < 4.78 is 0.843. The Morgan fingerprint density at radius 3 is 2.56 bits per heavy atom. The molecule has 1 aromatic rings. The minimum absolute atomic E-state index is 0.0418. The first-order valence-electron chi connectivity index (χ1n) is 6.18. The van der Waals surface area contributed by atoms with E-state index in [0.717, 1.165) is 36.1 Å². The van der Waals surface area contributed by atoms with Crippen molar-refractivity contribution in [3.8, 4) is 0 Å². The first-order valence-corrected chi connectivity index (χ1v) is 7.35. The number of anilines is 1. The van der Waals surface area contributed by atoms with Crippen molar-refractivity contribution in [1.29, 1.82) is 0 Å². The van der Waals surface area contributed by atoms with Gasteiger partial charge in [-0.1, -0.05) is 24.4 Å². The Morgan fingerprint density at radius 1 is 1.22 bits per heavy atom. The molecule has 0 bridgehead atoms. The summed E-state index contributed by atoms with van der Waals surface area (Å²) in [5.74, 6) is 0. The molecule has 5 heteroatoms. The maximum absolute atomic E-state index is 12.1. The van der Waals surface area contributed by atoms with Gasteiger partial charge in [0.15, 0.2) is 0 Å². The van der Waals surface area contributed by atoms with Crippen LogP contribution in [-0.4, -0.2) is 24.0 Å². The van der Waals surface area contributed by atoms with Crippen molar-refractivity contribution in [3.05, 3.63) is 27.7 Å². The van der Waals surface area contributed by atoms with Gasteiger partial charge >= 0.3 is 6.03 Å². The molecule has 0 unspecified atom stereocenters. The number of carbonyl (C=O) groups excluding carboxylic acids is 1. The maximum atomic E-state index is 12.1. The Morgan fingerprint density at radius 2 is 1.89 bits per heavy atom. The Kier molecular flexibility index (Phi) is 4.89. The summed E-state index contributed by atoms with van der Waals surface area (Å²) in [4.78, 5) is 14.0. The Labute approximate surface area is 121 Å². The second kappa shape index (κ2) is 6.43. The van der Waals surface area contributed by atoms with E-state index in [1.165, 1.54) is 12.8 Å². The highest BCUT2D eigenvalue weighted by atomic mass is 79.9. The van der Waals surface area contributed by atoms with Crippen LogP contribution in [0.3, 0.4) is 0 Å². The van der Waals surface area contributed by atoms with Crippen LogP contribution >= 0.6 is 27.5 Å². The number of nitrogens with zero attached hydrogens (tertiary/aromatic N) is 1. The van der Waals surface area contributed by atoms with Crippen LogP contribution < -0.4 is 5.32 Å². The second-order valence-corrected chi connectivity index (χ2v) is 5.75. The number of benzene rings is 1. The van der Waals surface area contributed by atoms with Gasteiger partial charge in [-0.15, -0.1) is 0 Å². The zero-order chi connectivity index (χ0) is 13.0. The van der Waals surface area contributed by atoms with Gasteiger partial charge in [0.05, 0.1) is 5.69 Å². The van der Waals surface area contributed by atoms with Gasteiger partial charge in [-0.2, -0.15) is 0 Å². The van der Waals surface area contributed by atoms with Crippen molar-refractivity contribution in [3.63, 3.8) is 0 Å². The molecule has 1 heterocycles. The van der Waals surface area contributed by atoms with Crippen molar-refractivity contribution in [1.82, 2.24) is 4.90 Å². The Bertz CT molecular complexity index is 431. The number of carbonyl (C=O) groups is 1. The van der Waals surface area contributed by atoms with Crippen molar-refractivity contribution < 1.29 is 4.79 Å². The molecule has 0 spiro atoms. The smallest absolute Gasteiger partial charge is 0.321 e. The summed E-state index contributed by atoms with van der Waals surface area (Å²) in [6, 6.07) is 5.33. The fourth-order valence-electron chi connectivity index (χ4n) is 2.06. The van der Waals surface area contributed by atoms with Crippen LogP contribution in [-0.2, 0) is 0 Å². The van der Waals surface area contributed by atoms with E-state index in [0.29, 0.717) is 5.02 Å². The third-order valence-electron chi connectivity index (χ3n) is 3.06. The standard InChI is InChI=1S/C13H16BrClN2O/c14-11-6-5-10(15)9-12(11)16-13(18)17-7-3-1-2-4-8-17/h5-6,9H,1-4,7-8H2,(H,16,18). The molecule has 1 N–H and O–H groups in total. The monoisotopic (exact) mass is 330 g/mol. The van der Waals surface area contributed by atoms with Crippen LogP contribution in [0.15, 0.2) is 22.7 Å². The van der Waals surface area contributed by atoms with Gasteiger partial charge in [0.2, 0.25) is 0 Å². The minimum Gasteiger partial charge on any atom is -0.325 e. The zero-order valence-electron chi connectivity index (χ0n) is 10.1. The molecule has 98 valence electrons. The fraction of sp³-hybridized carbons (Fsp3) is 0.462.